The Labute approximate surface area is 451 Å². The van der Waals surface area contributed by atoms with Crippen LogP contribution in [-0.2, 0) is 42.2 Å². The van der Waals surface area contributed by atoms with Gasteiger partial charge in [-0.15, -0.1) is 0 Å². The van der Waals surface area contributed by atoms with Crippen LogP contribution in [0, 0.1) is 0 Å². The molecule has 12 heteroatoms. The number of hydrogen-bond donors (Lipinski definition) is 2. The van der Waals surface area contributed by atoms with Crippen LogP contribution in [0.25, 0.3) is 0 Å². The molecule has 11 nitrogen and oxygen atoms in total. The Kier molecular flexibility index (Phi) is 52.9. The van der Waals surface area contributed by atoms with E-state index < -0.39 is 57.8 Å². The number of aliphatic hydroxyl groups excluding tert-OH is 1. The fraction of sp³-hybridized carbons (Fsp3) is 0.694. The third-order valence-electron chi connectivity index (χ3n) is 12.0. The van der Waals surface area contributed by atoms with E-state index in [4.69, 9.17) is 23.3 Å². The molecule has 0 aromatic rings. The highest BCUT2D eigenvalue weighted by Crippen LogP contribution is 2.43. The summed E-state index contributed by atoms with van der Waals surface area (Å²) >= 11 is 0. The fourth-order valence-corrected chi connectivity index (χ4v) is 8.47. The molecular formula is C62H105O11P. The van der Waals surface area contributed by atoms with Crippen LogP contribution in [0.3, 0.4) is 0 Å². The van der Waals surface area contributed by atoms with Crippen LogP contribution in [0.1, 0.15) is 239 Å². The summed E-state index contributed by atoms with van der Waals surface area (Å²) in [6, 6.07) is 0. The van der Waals surface area contributed by atoms with Crippen molar-refractivity contribution in [3.63, 3.8) is 0 Å². The average molecular weight is 1060 g/mol. The molecule has 0 heterocycles. The summed E-state index contributed by atoms with van der Waals surface area (Å²) in [6.07, 6.45) is 65.4. The predicted molar refractivity (Wildman–Crippen MR) is 307 cm³/mol. The lowest BCUT2D eigenvalue weighted by atomic mass is 10.0. The lowest BCUT2D eigenvalue weighted by Crippen LogP contribution is -2.30. The van der Waals surface area contributed by atoms with E-state index >= 15 is 0 Å². The normalized spacial score (nSPS) is 14.1. The van der Waals surface area contributed by atoms with Gasteiger partial charge in [-0.2, -0.15) is 0 Å². The summed E-state index contributed by atoms with van der Waals surface area (Å²) in [7, 11) is -4.78. The first-order valence-electron chi connectivity index (χ1n) is 29.1. The summed E-state index contributed by atoms with van der Waals surface area (Å²) in [5, 5.41) is 9.79. The van der Waals surface area contributed by atoms with Crippen LogP contribution in [-0.4, -0.2) is 66.5 Å². The Morgan fingerprint density at radius 3 is 1.19 bits per heavy atom. The van der Waals surface area contributed by atoms with Gasteiger partial charge in [0, 0.05) is 12.8 Å². The third-order valence-corrected chi connectivity index (χ3v) is 13.0. The van der Waals surface area contributed by atoms with Gasteiger partial charge in [-0.1, -0.05) is 240 Å². The minimum atomic E-state index is -4.78. The average Bonchev–Trinajstić information content (AvgIpc) is 3.39. The molecule has 0 fully saturated rings. The molecule has 0 radical (unpaired) electrons. The number of carbonyl (C=O) groups is 3. The first-order chi connectivity index (χ1) is 36.2. The maximum atomic E-state index is 12.9. The van der Waals surface area contributed by atoms with E-state index in [1.165, 1.54) is 83.5 Å². The zero-order valence-electron chi connectivity index (χ0n) is 46.8. The van der Waals surface area contributed by atoms with Crippen LogP contribution in [0.4, 0.5) is 0 Å². The van der Waals surface area contributed by atoms with Crippen molar-refractivity contribution in [1.82, 2.24) is 0 Å². The second-order valence-electron chi connectivity index (χ2n) is 19.1. The van der Waals surface area contributed by atoms with Gasteiger partial charge in [0.2, 0.25) is 0 Å². The van der Waals surface area contributed by atoms with E-state index in [0.717, 1.165) is 96.3 Å². The van der Waals surface area contributed by atoms with E-state index in [1.54, 1.807) is 6.08 Å². The highest BCUT2D eigenvalue weighted by molar-refractivity contribution is 7.47. The van der Waals surface area contributed by atoms with Crippen LogP contribution in [0.2, 0.25) is 0 Å². The Bertz CT molecular complexity index is 1610. The summed E-state index contributed by atoms with van der Waals surface area (Å²) in [6.45, 7) is 4.30. The number of aliphatic hydroxyl groups is 1. The zero-order valence-corrected chi connectivity index (χ0v) is 47.7. The lowest BCUT2D eigenvalue weighted by molar-refractivity contribution is -0.161. The van der Waals surface area contributed by atoms with Gasteiger partial charge in [-0.05, 0) is 77.0 Å². The topological polar surface area (TPSA) is 155 Å². The van der Waals surface area contributed by atoms with Crippen molar-refractivity contribution in [3.8, 4) is 0 Å². The number of unbranched alkanes of at least 4 members (excludes halogenated alkanes) is 21. The Morgan fingerprint density at radius 1 is 0.405 bits per heavy atom. The van der Waals surface area contributed by atoms with Gasteiger partial charge < -0.3 is 24.2 Å². The molecule has 0 spiro atoms. The van der Waals surface area contributed by atoms with Gasteiger partial charge in [0.05, 0.1) is 26.2 Å². The molecular weight excluding hydrogens is 952 g/mol. The summed E-state index contributed by atoms with van der Waals surface area (Å²) in [4.78, 5) is 48.5. The second kappa shape index (κ2) is 55.6. The van der Waals surface area contributed by atoms with Gasteiger partial charge >= 0.3 is 25.7 Å². The Morgan fingerprint density at radius 2 is 0.757 bits per heavy atom. The van der Waals surface area contributed by atoms with Gasteiger partial charge in [0.25, 0.3) is 0 Å². The molecule has 424 valence electrons. The first kappa shape index (κ1) is 70.4. The van der Waals surface area contributed by atoms with Crippen LogP contribution < -0.4 is 0 Å². The highest BCUT2D eigenvalue weighted by atomic mass is 31.2. The van der Waals surface area contributed by atoms with Crippen LogP contribution in [0.5, 0.6) is 0 Å². The lowest BCUT2D eigenvalue weighted by Gasteiger charge is -2.21. The number of phosphoric ester groups is 1. The molecule has 0 bridgehead atoms. The quantitative estimate of drug-likeness (QED) is 0.0197. The zero-order chi connectivity index (χ0) is 54.1. The molecule has 0 rings (SSSR count). The van der Waals surface area contributed by atoms with Crippen molar-refractivity contribution in [2.75, 3.05) is 26.4 Å². The molecule has 0 aliphatic heterocycles. The van der Waals surface area contributed by atoms with Crippen molar-refractivity contribution in [2.24, 2.45) is 0 Å². The maximum Gasteiger partial charge on any atom is 0.472 e. The molecule has 0 aromatic carbocycles. The van der Waals surface area contributed by atoms with Gasteiger partial charge in [-0.3, -0.25) is 23.4 Å². The van der Waals surface area contributed by atoms with Gasteiger partial charge in [0.1, 0.15) is 12.7 Å². The molecule has 3 atom stereocenters. The molecule has 3 unspecified atom stereocenters. The number of ether oxygens (including phenoxy) is 3. The minimum Gasteiger partial charge on any atom is -0.462 e. The van der Waals surface area contributed by atoms with Gasteiger partial charge in [-0.25, -0.2) is 4.57 Å². The van der Waals surface area contributed by atoms with E-state index in [9.17, 15) is 28.9 Å². The third kappa shape index (κ3) is 53.2. The van der Waals surface area contributed by atoms with Crippen molar-refractivity contribution in [3.05, 3.63) is 97.2 Å². The van der Waals surface area contributed by atoms with E-state index in [2.05, 4.69) is 93.7 Å². The Hall–Kier alpha value is -3.60. The van der Waals surface area contributed by atoms with E-state index in [-0.39, 0.29) is 25.9 Å². The minimum absolute atomic E-state index is 0.0587. The highest BCUT2D eigenvalue weighted by Gasteiger charge is 2.28. The van der Waals surface area contributed by atoms with Crippen molar-refractivity contribution >= 4 is 25.7 Å². The maximum absolute atomic E-state index is 12.9. The number of esters is 3. The van der Waals surface area contributed by atoms with Gasteiger partial charge in [0.15, 0.2) is 6.10 Å². The van der Waals surface area contributed by atoms with Crippen molar-refractivity contribution in [1.29, 1.82) is 0 Å². The molecule has 0 amide bonds. The monoisotopic (exact) mass is 1060 g/mol. The summed E-state index contributed by atoms with van der Waals surface area (Å²) in [5.41, 5.74) is 0. The van der Waals surface area contributed by atoms with Crippen molar-refractivity contribution < 1.29 is 52.2 Å². The molecule has 74 heavy (non-hydrogen) atoms. The predicted octanol–water partition coefficient (Wildman–Crippen LogP) is 17.3. The number of allylic oxidation sites excluding steroid dienone is 15. The van der Waals surface area contributed by atoms with Crippen molar-refractivity contribution in [2.45, 2.75) is 251 Å². The number of carbonyl (C=O) groups excluding carboxylic acids is 3. The Balaban J connectivity index is 4.81. The SMILES string of the molecule is CC/C=C\C/C=C\C/C=C\C/C=C\C/C=C\CC(=O)OC(CO)COP(=O)(O)OCC(COC(=O)CCCCCCC/C=C\C/C=C\C/C=C\CC)OC(=O)CCCCCCCCCCCCCCCCCCC. The number of phosphoric acid groups is 1. The van der Waals surface area contributed by atoms with E-state index in [0.29, 0.717) is 19.3 Å². The molecule has 2 N–H and O–H groups in total. The molecule has 0 aromatic heterocycles. The van der Waals surface area contributed by atoms with Crippen LogP contribution >= 0.6 is 7.82 Å². The second-order valence-corrected chi connectivity index (χ2v) is 20.5. The first-order valence-corrected chi connectivity index (χ1v) is 30.6. The number of hydrogen-bond acceptors (Lipinski definition) is 10. The number of rotatable bonds is 53. The fourth-order valence-electron chi connectivity index (χ4n) is 7.68. The smallest absolute Gasteiger partial charge is 0.462 e. The summed E-state index contributed by atoms with van der Waals surface area (Å²) < 4.78 is 39.4. The summed E-state index contributed by atoms with van der Waals surface area (Å²) in [5.74, 6) is -1.62. The molecule has 0 aliphatic carbocycles. The van der Waals surface area contributed by atoms with E-state index in [1.807, 2.05) is 18.2 Å². The molecule has 0 aliphatic rings. The largest absolute Gasteiger partial charge is 0.472 e. The molecule has 0 saturated carbocycles. The van der Waals surface area contributed by atoms with Crippen LogP contribution in [0.15, 0.2) is 97.2 Å². The molecule has 0 saturated heterocycles. The standard InChI is InChI=1S/C62H105O11P/c1-4-7-10-13-16-19-22-25-28-29-32-35-38-41-44-47-50-53-62(66)73-59(55-69-60(64)51-48-45-42-39-36-33-30-26-23-20-17-14-11-8-5-2)57-71-74(67,68)70-56-58(54-63)72-61(65)52-49-46-43-40-37-34-31-27-24-21-18-15-12-9-6-3/h8-9,11-12,17-18,20-21,26-27,30-31,37,40,46,49,58-59,63H,4-7,10,13-16,19,22-25,28-29,32-36,38-39,41-45,47-48,50-57H2,1-3H3,(H,67,68)/b11-8-,12-9-,20-17-,21-18-,30-26-,31-27-,40-37-,49-46-.